The van der Waals surface area contributed by atoms with Gasteiger partial charge < -0.3 is 15.8 Å². The molecule has 1 fully saturated rings. The van der Waals surface area contributed by atoms with Crippen LogP contribution in [0.15, 0.2) is 18.2 Å². The Kier molecular flexibility index (Phi) is 4.19. The highest BCUT2D eigenvalue weighted by Gasteiger charge is 2.31. The second kappa shape index (κ2) is 5.69. The standard InChI is InChI=1S/C13H17F3N2O/c14-13(15,16)10-3-4-12(11(17)6-10)19-8-9-2-1-5-18-7-9/h3-4,6,9,18H,1-2,5,7-8,17H2. The third-order valence-electron chi connectivity index (χ3n) is 3.21. The second-order valence-corrected chi connectivity index (χ2v) is 4.77. The molecule has 1 aromatic rings. The Morgan fingerprint density at radius 3 is 2.74 bits per heavy atom. The normalized spacial score (nSPS) is 20.3. The molecule has 1 atom stereocenters. The summed E-state index contributed by atoms with van der Waals surface area (Å²) in [5, 5.41) is 3.25. The van der Waals surface area contributed by atoms with Crippen LogP contribution in [0.5, 0.6) is 5.75 Å². The van der Waals surface area contributed by atoms with Crippen molar-refractivity contribution in [2.75, 3.05) is 25.4 Å². The molecular formula is C13H17F3N2O. The lowest BCUT2D eigenvalue weighted by Gasteiger charge is -2.23. The van der Waals surface area contributed by atoms with E-state index in [1.54, 1.807) is 0 Å². The highest BCUT2D eigenvalue weighted by Crippen LogP contribution is 2.33. The van der Waals surface area contributed by atoms with Crippen LogP contribution < -0.4 is 15.8 Å². The van der Waals surface area contributed by atoms with E-state index in [1.165, 1.54) is 6.07 Å². The summed E-state index contributed by atoms with van der Waals surface area (Å²) in [5.74, 6) is 0.703. The van der Waals surface area contributed by atoms with E-state index in [0.29, 0.717) is 18.3 Å². The van der Waals surface area contributed by atoms with E-state index in [2.05, 4.69) is 5.32 Å². The first-order chi connectivity index (χ1) is 8.97. The summed E-state index contributed by atoms with van der Waals surface area (Å²) < 4.78 is 42.9. The first-order valence-corrected chi connectivity index (χ1v) is 6.27. The predicted molar refractivity (Wildman–Crippen MR) is 66.9 cm³/mol. The minimum absolute atomic E-state index is 0.0265. The number of halogens is 3. The van der Waals surface area contributed by atoms with Crippen molar-refractivity contribution in [1.82, 2.24) is 5.32 Å². The van der Waals surface area contributed by atoms with Crippen molar-refractivity contribution in [3.8, 4) is 5.75 Å². The molecule has 1 aromatic carbocycles. The van der Waals surface area contributed by atoms with E-state index in [4.69, 9.17) is 10.5 Å². The molecule has 6 heteroatoms. The minimum atomic E-state index is -4.38. The molecule has 3 N–H and O–H groups in total. The van der Waals surface area contributed by atoms with Crippen LogP contribution in [0.4, 0.5) is 18.9 Å². The molecule has 1 unspecified atom stereocenters. The largest absolute Gasteiger partial charge is 0.491 e. The Morgan fingerprint density at radius 1 is 1.37 bits per heavy atom. The lowest BCUT2D eigenvalue weighted by molar-refractivity contribution is -0.137. The van der Waals surface area contributed by atoms with Crippen LogP contribution in [-0.2, 0) is 6.18 Å². The molecule has 0 amide bonds. The van der Waals surface area contributed by atoms with Gasteiger partial charge >= 0.3 is 6.18 Å². The van der Waals surface area contributed by atoms with Crippen LogP contribution in [0.2, 0.25) is 0 Å². The van der Waals surface area contributed by atoms with E-state index < -0.39 is 11.7 Å². The summed E-state index contributed by atoms with van der Waals surface area (Å²) in [6.07, 6.45) is -2.22. The lowest BCUT2D eigenvalue weighted by atomic mass is 10.0. The number of benzene rings is 1. The molecule has 0 bridgehead atoms. The van der Waals surface area contributed by atoms with Gasteiger partial charge in [-0.2, -0.15) is 13.2 Å². The van der Waals surface area contributed by atoms with Crippen LogP contribution in [0.25, 0.3) is 0 Å². The van der Waals surface area contributed by atoms with Crippen molar-refractivity contribution in [3.63, 3.8) is 0 Å². The van der Waals surface area contributed by atoms with Crippen LogP contribution >= 0.6 is 0 Å². The number of anilines is 1. The Hall–Kier alpha value is -1.43. The van der Waals surface area contributed by atoms with E-state index in [-0.39, 0.29) is 5.69 Å². The van der Waals surface area contributed by atoms with Gasteiger partial charge in [0.15, 0.2) is 0 Å². The summed E-state index contributed by atoms with van der Waals surface area (Å²) in [4.78, 5) is 0. The fourth-order valence-electron chi connectivity index (χ4n) is 2.13. The number of hydrogen-bond donors (Lipinski definition) is 2. The van der Waals surface area contributed by atoms with Gasteiger partial charge in [-0.15, -0.1) is 0 Å². The van der Waals surface area contributed by atoms with Gasteiger partial charge in [-0.05, 0) is 37.6 Å². The Labute approximate surface area is 109 Å². The quantitative estimate of drug-likeness (QED) is 0.833. The first kappa shape index (κ1) is 14.0. The highest BCUT2D eigenvalue weighted by molar-refractivity contribution is 5.54. The molecule has 1 aliphatic heterocycles. The number of nitrogens with two attached hydrogens (primary N) is 1. The predicted octanol–water partition coefficient (Wildman–Crippen LogP) is 2.67. The number of rotatable bonds is 3. The van der Waals surface area contributed by atoms with Gasteiger partial charge in [0.05, 0.1) is 17.9 Å². The molecule has 0 aliphatic carbocycles. The maximum Gasteiger partial charge on any atom is 0.416 e. The number of ether oxygens (including phenoxy) is 1. The molecule has 0 spiro atoms. The monoisotopic (exact) mass is 274 g/mol. The van der Waals surface area contributed by atoms with Gasteiger partial charge in [-0.1, -0.05) is 0 Å². The van der Waals surface area contributed by atoms with Gasteiger partial charge in [0.1, 0.15) is 5.75 Å². The van der Waals surface area contributed by atoms with Crippen molar-refractivity contribution in [2.24, 2.45) is 5.92 Å². The third-order valence-corrected chi connectivity index (χ3v) is 3.21. The smallest absolute Gasteiger partial charge is 0.416 e. The Morgan fingerprint density at radius 2 is 2.16 bits per heavy atom. The second-order valence-electron chi connectivity index (χ2n) is 4.77. The molecule has 0 radical (unpaired) electrons. The zero-order chi connectivity index (χ0) is 13.9. The fraction of sp³-hybridized carbons (Fsp3) is 0.538. The summed E-state index contributed by atoms with van der Waals surface area (Å²) in [6, 6.07) is 3.19. The van der Waals surface area contributed by atoms with Crippen LogP contribution in [0, 0.1) is 5.92 Å². The molecule has 106 valence electrons. The maximum absolute atomic E-state index is 12.5. The zero-order valence-electron chi connectivity index (χ0n) is 10.5. The minimum Gasteiger partial charge on any atom is -0.491 e. The van der Waals surface area contributed by atoms with Gasteiger partial charge in [0.25, 0.3) is 0 Å². The molecule has 0 saturated carbocycles. The first-order valence-electron chi connectivity index (χ1n) is 6.27. The van der Waals surface area contributed by atoms with Gasteiger partial charge in [0.2, 0.25) is 0 Å². The number of nitrogens with one attached hydrogen (secondary N) is 1. The lowest BCUT2D eigenvalue weighted by Crippen LogP contribution is -2.33. The van der Waals surface area contributed by atoms with Crippen LogP contribution in [0.1, 0.15) is 18.4 Å². The van der Waals surface area contributed by atoms with Crippen molar-refractivity contribution < 1.29 is 17.9 Å². The van der Waals surface area contributed by atoms with Crippen molar-refractivity contribution in [1.29, 1.82) is 0 Å². The topological polar surface area (TPSA) is 47.3 Å². The molecular weight excluding hydrogens is 257 g/mol. The van der Waals surface area contributed by atoms with E-state index >= 15 is 0 Å². The third kappa shape index (κ3) is 3.76. The summed E-state index contributed by atoms with van der Waals surface area (Å²) in [6.45, 7) is 2.36. The highest BCUT2D eigenvalue weighted by atomic mass is 19.4. The number of alkyl halides is 3. The number of piperidine rings is 1. The molecule has 2 rings (SSSR count). The molecule has 1 aliphatic rings. The van der Waals surface area contributed by atoms with E-state index in [0.717, 1.165) is 38.1 Å². The maximum atomic E-state index is 12.5. The van der Waals surface area contributed by atoms with Crippen LogP contribution in [-0.4, -0.2) is 19.7 Å². The molecule has 3 nitrogen and oxygen atoms in total. The molecule has 1 saturated heterocycles. The number of hydrogen-bond acceptors (Lipinski definition) is 3. The van der Waals surface area contributed by atoms with Gasteiger partial charge in [0, 0.05) is 12.5 Å². The Balaban J connectivity index is 1.97. The van der Waals surface area contributed by atoms with Crippen molar-refractivity contribution in [2.45, 2.75) is 19.0 Å². The summed E-state index contributed by atoms with van der Waals surface area (Å²) in [7, 11) is 0. The Bertz CT molecular complexity index is 428. The van der Waals surface area contributed by atoms with Crippen LogP contribution in [0.3, 0.4) is 0 Å². The fourth-order valence-corrected chi connectivity index (χ4v) is 2.13. The summed E-state index contributed by atoms with van der Waals surface area (Å²) >= 11 is 0. The van der Waals surface area contributed by atoms with Gasteiger partial charge in [-0.25, -0.2) is 0 Å². The molecule has 1 heterocycles. The number of nitrogen functional groups attached to an aromatic ring is 1. The van der Waals surface area contributed by atoms with E-state index in [1.807, 2.05) is 0 Å². The van der Waals surface area contributed by atoms with E-state index in [9.17, 15) is 13.2 Å². The average Bonchev–Trinajstić information content (AvgIpc) is 2.37. The molecule has 19 heavy (non-hydrogen) atoms. The van der Waals surface area contributed by atoms with Gasteiger partial charge in [-0.3, -0.25) is 0 Å². The summed E-state index contributed by atoms with van der Waals surface area (Å²) in [5.41, 5.74) is 4.87. The average molecular weight is 274 g/mol. The SMILES string of the molecule is Nc1cc(C(F)(F)F)ccc1OCC1CCCNC1. The zero-order valence-corrected chi connectivity index (χ0v) is 10.5. The van der Waals surface area contributed by atoms with Crippen molar-refractivity contribution in [3.05, 3.63) is 23.8 Å². The molecule has 0 aromatic heterocycles. The van der Waals surface area contributed by atoms with Crippen molar-refractivity contribution >= 4 is 5.69 Å².